The number of para-hydroxylation sites is 1. The van der Waals surface area contributed by atoms with Crippen molar-refractivity contribution in [3.8, 4) is 0 Å². The van der Waals surface area contributed by atoms with Crippen LogP contribution in [0.25, 0.3) is 0 Å². The van der Waals surface area contributed by atoms with E-state index in [2.05, 4.69) is 43.3 Å². The lowest BCUT2D eigenvalue weighted by molar-refractivity contribution is 1.14. The number of hydrogen-bond acceptors (Lipinski definition) is 1. The van der Waals surface area contributed by atoms with Gasteiger partial charge >= 0.3 is 0 Å². The summed E-state index contributed by atoms with van der Waals surface area (Å²) >= 11 is 0. The Labute approximate surface area is 158 Å². The topological polar surface area (TPSA) is 3.24 Å². The van der Waals surface area contributed by atoms with Gasteiger partial charge in [0, 0.05) is 17.1 Å². The average molecular weight is 341 g/mol. The molecule has 0 spiro atoms. The van der Waals surface area contributed by atoms with Crippen LogP contribution in [-0.4, -0.2) is 0 Å². The van der Waals surface area contributed by atoms with Gasteiger partial charge < -0.3 is 4.90 Å². The van der Waals surface area contributed by atoms with E-state index in [0.717, 1.165) is 22.7 Å². The van der Waals surface area contributed by atoms with Gasteiger partial charge in [-0.05, 0) is 48.9 Å². The lowest BCUT2D eigenvalue weighted by atomic mass is 10.1. The van der Waals surface area contributed by atoms with E-state index in [4.69, 9.17) is 0 Å². The van der Waals surface area contributed by atoms with Gasteiger partial charge in [0.05, 0.1) is 0 Å². The quantitative estimate of drug-likeness (QED) is 0.412. The maximum Gasteiger partial charge on any atom is 0.0461 e. The van der Waals surface area contributed by atoms with Crippen molar-refractivity contribution in [1.82, 2.24) is 0 Å². The third-order valence-corrected chi connectivity index (χ3v) is 3.47. The molecule has 1 aromatic rings. The van der Waals surface area contributed by atoms with Gasteiger partial charge in [-0.25, -0.2) is 0 Å². The second-order valence-electron chi connectivity index (χ2n) is 5.26. The molecule has 0 fully saturated rings. The van der Waals surface area contributed by atoms with Gasteiger partial charge in [-0.1, -0.05) is 87.0 Å². The molecule has 0 aliphatic heterocycles. The molecule has 26 heavy (non-hydrogen) atoms. The number of rotatable bonds is 10. The molecule has 0 atom stereocenters. The molecule has 0 unspecified atom stereocenters. The first-order chi connectivity index (χ1) is 12.7. The Morgan fingerprint density at radius 1 is 0.808 bits per heavy atom. The predicted molar refractivity (Wildman–Crippen MR) is 118 cm³/mol. The van der Waals surface area contributed by atoms with Crippen molar-refractivity contribution in [3.63, 3.8) is 0 Å². The summed E-state index contributed by atoms with van der Waals surface area (Å²) < 4.78 is 0. The van der Waals surface area contributed by atoms with Crippen LogP contribution in [-0.2, 0) is 0 Å². The lowest BCUT2D eigenvalue weighted by Gasteiger charge is -2.27. The Kier molecular flexibility index (Phi) is 9.65. The van der Waals surface area contributed by atoms with Crippen LogP contribution in [0.15, 0.2) is 140 Å². The molecule has 0 saturated carbocycles. The Hall–Kier alpha value is -3.32. The van der Waals surface area contributed by atoms with E-state index in [1.165, 1.54) is 0 Å². The van der Waals surface area contributed by atoms with Gasteiger partial charge in [0.15, 0.2) is 0 Å². The molecule has 0 radical (unpaired) electrons. The number of hydrogen-bond donors (Lipinski definition) is 0. The molecule has 1 rings (SSSR count). The zero-order valence-corrected chi connectivity index (χ0v) is 15.5. The number of benzene rings is 1. The molecule has 0 aliphatic carbocycles. The number of allylic oxidation sites excluding steroid dienone is 12. The second kappa shape index (κ2) is 12.1. The van der Waals surface area contributed by atoms with Crippen LogP contribution < -0.4 is 4.90 Å². The molecule has 0 heterocycles. The number of anilines is 1. The highest BCUT2D eigenvalue weighted by atomic mass is 15.1. The molecular weight excluding hydrogens is 314 g/mol. The highest BCUT2D eigenvalue weighted by Gasteiger charge is 2.12. The zero-order valence-electron chi connectivity index (χ0n) is 15.5. The summed E-state index contributed by atoms with van der Waals surface area (Å²) in [5.74, 6) is 0. The van der Waals surface area contributed by atoms with Crippen LogP contribution in [0.5, 0.6) is 0 Å². The van der Waals surface area contributed by atoms with Crippen LogP contribution in [0.1, 0.15) is 6.92 Å². The summed E-state index contributed by atoms with van der Waals surface area (Å²) in [7, 11) is 0. The van der Waals surface area contributed by atoms with Gasteiger partial charge in [0.1, 0.15) is 0 Å². The molecule has 0 saturated heterocycles. The predicted octanol–water partition coefficient (Wildman–Crippen LogP) is 7.06. The average Bonchev–Trinajstić information content (AvgIpc) is 2.68. The summed E-state index contributed by atoms with van der Waals surface area (Å²) in [6, 6.07) is 10.1. The first-order valence-electron chi connectivity index (χ1n) is 8.48. The van der Waals surface area contributed by atoms with Crippen LogP contribution in [0.4, 0.5) is 5.69 Å². The van der Waals surface area contributed by atoms with E-state index >= 15 is 0 Å². The molecule has 0 bridgehead atoms. The summed E-state index contributed by atoms with van der Waals surface area (Å²) in [6.07, 6.45) is 21.0. The number of nitrogens with zero attached hydrogens (tertiary/aromatic N) is 1. The van der Waals surface area contributed by atoms with Crippen LogP contribution >= 0.6 is 0 Å². The van der Waals surface area contributed by atoms with Crippen molar-refractivity contribution < 1.29 is 0 Å². The molecule has 0 aliphatic rings. The van der Waals surface area contributed by atoms with Gasteiger partial charge in [-0.3, -0.25) is 0 Å². The fourth-order valence-electron chi connectivity index (χ4n) is 2.32. The Balaban J connectivity index is 3.55. The second-order valence-corrected chi connectivity index (χ2v) is 5.26. The normalized spacial score (nSPS) is 13.0. The molecule has 1 aromatic carbocycles. The van der Waals surface area contributed by atoms with E-state index in [1.54, 1.807) is 12.2 Å². The van der Waals surface area contributed by atoms with E-state index in [1.807, 2.05) is 79.8 Å². The monoisotopic (exact) mass is 341 g/mol. The fourth-order valence-corrected chi connectivity index (χ4v) is 2.32. The molecule has 1 heteroatoms. The van der Waals surface area contributed by atoms with E-state index in [9.17, 15) is 0 Å². The van der Waals surface area contributed by atoms with Crippen LogP contribution in [0.3, 0.4) is 0 Å². The van der Waals surface area contributed by atoms with E-state index < -0.39 is 0 Å². The molecule has 132 valence electrons. The summed E-state index contributed by atoms with van der Waals surface area (Å²) in [6.45, 7) is 17.4. The largest absolute Gasteiger partial charge is 0.311 e. The molecule has 0 N–H and O–H groups in total. The highest BCUT2D eigenvalue weighted by molar-refractivity contribution is 5.63. The van der Waals surface area contributed by atoms with Gasteiger partial charge in [0.2, 0.25) is 0 Å². The summed E-state index contributed by atoms with van der Waals surface area (Å²) in [4.78, 5) is 2.11. The highest BCUT2D eigenvalue weighted by Crippen LogP contribution is 2.26. The van der Waals surface area contributed by atoms with Crippen molar-refractivity contribution in [1.29, 1.82) is 0 Å². The lowest BCUT2D eigenvalue weighted by Crippen LogP contribution is -2.19. The van der Waals surface area contributed by atoms with Crippen LogP contribution in [0, 0.1) is 0 Å². The summed E-state index contributed by atoms with van der Waals surface area (Å²) in [5, 5.41) is 0. The Morgan fingerprint density at radius 2 is 1.54 bits per heavy atom. The fraction of sp³-hybridized carbons (Fsp3) is 0.0400. The summed E-state index contributed by atoms with van der Waals surface area (Å²) in [5.41, 5.74) is 3.94. The first-order valence-corrected chi connectivity index (χ1v) is 8.48. The Bertz CT molecular complexity index is 768. The zero-order chi connectivity index (χ0) is 19.2. The molecular formula is C25H27N. The van der Waals surface area contributed by atoms with Crippen LogP contribution in [0.2, 0.25) is 0 Å². The maximum atomic E-state index is 4.00. The minimum atomic E-state index is 0.932. The third kappa shape index (κ3) is 6.29. The van der Waals surface area contributed by atoms with E-state index in [0.29, 0.717) is 0 Å². The Morgan fingerprint density at radius 3 is 2.08 bits per heavy atom. The maximum absolute atomic E-state index is 4.00. The molecule has 0 amide bonds. The van der Waals surface area contributed by atoms with Gasteiger partial charge in [-0.2, -0.15) is 0 Å². The minimum Gasteiger partial charge on any atom is -0.311 e. The van der Waals surface area contributed by atoms with Crippen molar-refractivity contribution in [2.24, 2.45) is 0 Å². The van der Waals surface area contributed by atoms with Gasteiger partial charge in [0.25, 0.3) is 0 Å². The van der Waals surface area contributed by atoms with Gasteiger partial charge in [-0.15, -0.1) is 0 Å². The van der Waals surface area contributed by atoms with Crippen molar-refractivity contribution >= 4 is 5.69 Å². The first kappa shape index (κ1) is 20.7. The minimum absolute atomic E-state index is 0.932. The van der Waals surface area contributed by atoms with Crippen molar-refractivity contribution in [3.05, 3.63) is 140 Å². The molecule has 0 aromatic heterocycles. The standard InChI is InChI=1S/C25H27N/c1-6-11-17-24(16-8-3)26(25-18-13-12-14-19-25)23(10-5)21-20-22(9-4)15-7-2/h6-21H,1,3-5H2,2H3/b15-7+,17-11-,22-20+,23-21+,24-16+. The third-order valence-electron chi connectivity index (χ3n) is 3.47. The van der Waals surface area contributed by atoms with E-state index in [-0.39, 0.29) is 0 Å². The SMILES string of the molecule is C=C/C=C\C(=C/C=C)N(/C(C=C)=C/C=C(C=C)/C=C/C)c1ccccc1. The smallest absolute Gasteiger partial charge is 0.0461 e. The van der Waals surface area contributed by atoms with Crippen molar-refractivity contribution in [2.75, 3.05) is 4.90 Å². The van der Waals surface area contributed by atoms with Crippen molar-refractivity contribution in [2.45, 2.75) is 6.92 Å². The molecule has 1 nitrogen and oxygen atoms in total.